The average Bonchev–Trinajstić information content (AvgIpc) is 2.40. The SMILES string of the molecule is Cn1ccc(C(=O)NC2CCNC3(CCC3)C2)cc1=O. The van der Waals surface area contributed by atoms with Gasteiger partial charge in [0.2, 0.25) is 0 Å². The van der Waals surface area contributed by atoms with E-state index in [4.69, 9.17) is 0 Å². The van der Waals surface area contributed by atoms with Crippen molar-refractivity contribution in [3.63, 3.8) is 0 Å². The van der Waals surface area contributed by atoms with Crippen molar-refractivity contribution in [2.24, 2.45) is 7.05 Å². The fourth-order valence-electron chi connectivity index (χ4n) is 3.22. The molecule has 3 rings (SSSR count). The molecule has 0 bridgehead atoms. The highest BCUT2D eigenvalue weighted by atomic mass is 16.2. The van der Waals surface area contributed by atoms with Gasteiger partial charge in [0.1, 0.15) is 0 Å². The molecule has 2 heterocycles. The monoisotopic (exact) mass is 275 g/mol. The zero-order valence-electron chi connectivity index (χ0n) is 11.8. The van der Waals surface area contributed by atoms with Crippen molar-refractivity contribution in [1.29, 1.82) is 0 Å². The van der Waals surface area contributed by atoms with Gasteiger partial charge in [0.25, 0.3) is 11.5 Å². The van der Waals surface area contributed by atoms with Gasteiger partial charge in [0.15, 0.2) is 0 Å². The Morgan fingerprint density at radius 2 is 2.30 bits per heavy atom. The molecule has 1 amide bonds. The molecule has 2 fully saturated rings. The Morgan fingerprint density at radius 1 is 1.50 bits per heavy atom. The summed E-state index contributed by atoms with van der Waals surface area (Å²) in [5, 5.41) is 6.67. The molecule has 1 unspecified atom stereocenters. The van der Waals surface area contributed by atoms with Crippen molar-refractivity contribution < 1.29 is 4.79 Å². The molecule has 108 valence electrons. The number of carbonyl (C=O) groups is 1. The van der Waals surface area contributed by atoms with Crippen LogP contribution in [0.1, 0.15) is 42.5 Å². The number of amides is 1. The summed E-state index contributed by atoms with van der Waals surface area (Å²) in [5.41, 5.74) is 0.566. The maximum Gasteiger partial charge on any atom is 0.251 e. The zero-order valence-corrected chi connectivity index (χ0v) is 11.8. The van der Waals surface area contributed by atoms with Crippen molar-refractivity contribution >= 4 is 5.91 Å². The number of piperidine rings is 1. The standard InChI is InChI=1S/C15H21N3O2/c1-18-8-4-11(9-13(18)19)14(20)17-12-3-7-16-15(10-12)5-2-6-15/h4,8-9,12,16H,2-3,5-7,10H2,1H3,(H,17,20). The van der Waals surface area contributed by atoms with Crippen molar-refractivity contribution in [2.45, 2.75) is 43.7 Å². The summed E-state index contributed by atoms with van der Waals surface area (Å²) in [6.07, 6.45) is 7.30. The quantitative estimate of drug-likeness (QED) is 0.839. The molecule has 1 aromatic heterocycles. The largest absolute Gasteiger partial charge is 0.349 e. The second-order valence-electron chi connectivity index (χ2n) is 6.09. The molecule has 1 aromatic rings. The second-order valence-corrected chi connectivity index (χ2v) is 6.09. The Bertz CT molecular complexity index is 575. The van der Waals surface area contributed by atoms with Crippen LogP contribution in [0.15, 0.2) is 23.1 Å². The Labute approximate surface area is 118 Å². The van der Waals surface area contributed by atoms with Gasteiger partial charge < -0.3 is 15.2 Å². The van der Waals surface area contributed by atoms with Crippen LogP contribution in [0.25, 0.3) is 0 Å². The molecule has 2 aliphatic rings. The summed E-state index contributed by atoms with van der Waals surface area (Å²) in [4.78, 5) is 23.8. The minimum atomic E-state index is -0.154. The molecule has 1 spiro atoms. The molecule has 1 saturated heterocycles. The Hall–Kier alpha value is -1.62. The molecule has 0 aromatic carbocycles. The summed E-state index contributed by atoms with van der Waals surface area (Å²) in [6, 6.07) is 3.31. The molecule has 20 heavy (non-hydrogen) atoms. The minimum Gasteiger partial charge on any atom is -0.349 e. The van der Waals surface area contributed by atoms with E-state index in [0.717, 1.165) is 19.4 Å². The molecule has 5 nitrogen and oxygen atoms in total. The van der Waals surface area contributed by atoms with Crippen LogP contribution in [0.4, 0.5) is 0 Å². The Morgan fingerprint density at radius 3 is 2.95 bits per heavy atom. The normalized spacial score (nSPS) is 24.1. The van der Waals surface area contributed by atoms with E-state index in [-0.39, 0.29) is 23.0 Å². The third-order valence-electron chi connectivity index (χ3n) is 4.64. The maximum atomic E-state index is 12.2. The predicted molar refractivity (Wildman–Crippen MR) is 76.8 cm³/mol. The highest BCUT2D eigenvalue weighted by Crippen LogP contribution is 2.38. The molecule has 1 atom stereocenters. The lowest BCUT2D eigenvalue weighted by atomic mass is 9.70. The topological polar surface area (TPSA) is 63.1 Å². The minimum absolute atomic E-state index is 0.135. The van der Waals surface area contributed by atoms with E-state index < -0.39 is 0 Å². The van der Waals surface area contributed by atoms with Crippen molar-refractivity contribution in [2.75, 3.05) is 6.54 Å². The van der Waals surface area contributed by atoms with Gasteiger partial charge in [-0.3, -0.25) is 9.59 Å². The number of aromatic nitrogens is 1. The first-order chi connectivity index (χ1) is 9.58. The maximum absolute atomic E-state index is 12.2. The Kier molecular flexibility index (Phi) is 3.38. The van der Waals surface area contributed by atoms with E-state index >= 15 is 0 Å². The molecule has 5 heteroatoms. The van der Waals surface area contributed by atoms with Crippen molar-refractivity contribution in [3.8, 4) is 0 Å². The fourth-order valence-corrected chi connectivity index (χ4v) is 3.22. The first-order valence-corrected chi connectivity index (χ1v) is 7.31. The summed E-state index contributed by atoms with van der Waals surface area (Å²) in [5.74, 6) is -0.135. The van der Waals surface area contributed by atoms with Gasteiger partial charge in [-0.15, -0.1) is 0 Å². The number of carbonyl (C=O) groups excluding carboxylic acids is 1. The van der Waals surface area contributed by atoms with Gasteiger partial charge >= 0.3 is 0 Å². The third kappa shape index (κ3) is 2.50. The van der Waals surface area contributed by atoms with Crippen LogP contribution in [0, 0.1) is 0 Å². The number of pyridine rings is 1. The molecule has 1 saturated carbocycles. The Balaban J connectivity index is 1.66. The van der Waals surface area contributed by atoms with E-state index in [1.165, 1.54) is 29.9 Å². The van der Waals surface area contributed by atoms with Crippen LogP contribution < -0.4 is 16.2 Å². The van der Waals surface area contributed by atoms with Crippen LogP contribution in [0.5, 0.6) is 0 Å². The molecular formula is C15H21N3O2. The van der Waals surface area contributed by atoms with E-state index in [9.17, 15) is 9.59 Å². The van der Waals surface area contributed by atoms with Crippen molar-refractivity contribution in [3.05, 3.63) is 34.2 Å². The van der Waals surface area contributed by atoms with Crippen LogP contribution in [-0.4, -0.2) is 28.6 Å². The molecule has 0 radical (unpaired) electrons. The number of hydrogen-bond donors (Lipinski definition) is 2. The predicted octanol–water partition coefficient (Wildman–Crippen LogP) is 0.790. The smallest absolute Gasteiger partial charge is 0.251 e. The van der Waals surface area contributed by atoms with Crippen LogP contribution >= 0.6 is 0 Å². The van der Waals surface area contributed by atoms with E-state index in [1.807, 2.05) is 0 Å². The van der Waals surface area contributed by atoms with Gasteiger partial charge in [-0.25, -0.2) is 0 Å². The van der Waals surface area contributed by atoms with Crippen molar-refractivity contribution in [1.82, 2.24) is 15.2 Å². The number of rotatable bonds is 2. The summed E-state index contributed by atoms with van der Waals surface area (Å²) in [7, 11) is 1.68. The van der Waals surface area contributed by atoms with Gasteiger partial charge in [0.05, 0.1) is 0 Å². The highest BCUT2D eigenvalue weighted by molar-refractivity contribution is 5.94. The molecule has 1 aliphatic heterocycles. The van der Waals surface area contributed by atoms with E-state index in [0.29, 0.717) is 5.56 Å². The van der Waals surface area contributed by atoms with Gasteiger partial charge in [-0.2, -0.15) is 0 Å². The number of hydrogen-bond acceptors (Lipinski definition) is 3. The van der Waals surface area contributed by atoms with Gasteiger partial charge in [0, 0.05) is 36.5 Å². The summed E-state index contributed by atoms with van der Waals surface area (Å²) >= 11 is 0. The lowest BCUT2D eigenvalue weighted by Gasteiger charge is -2.48. The molecule has 1 aliphatic carbocycles. The summed E-state index contributed by atoms with van der Waals surface area (Å²) in [6.45, 7) is 0.960. The second kappa shape index (κ2) is 5.05. The zero-order chi connectivity index (χ0) is 14.2. The van der Waals surface area contributed by atoms with Crippen LogP contribution in [0.2, 0.25) is 0 Å². The highest BCUT2D eigenvalue weighted by Gasteiger charge is 2.41. The van der Waals surface area contributed by atoms with Gasteiger partial charge in [-0.05, 0) is 44.7 Å². The average molecular weight is 275 g/mol. The first kappa shape index (κ1) is 13.4. The molecular weight excluding hydrogens is 254 g/mol. The lowest BCUT2D eigenvalue weighted by Crippen LogP contribution is -2.59. The number of aryl methyl sites for hydroxylation is 1. The lowest BCUT2D eigenvalue weighted by molar-refractivity contribution is 0.0853. The van der Waals surface area contributed by atoms with Gasteiger partial charge in [-0.1, -0.05) is 0 Å². The summed E-state index contributed by atoms with van der Waals surface area (Å²) < 4.78 is 1.46. The first-order valence-electron chi connectivity index (χ1n) is 7.31. The fraction of sp³-hybridized carbons (Fsp3) is 0.600. The van der Waals surface area contributed by atoms with Crippen LogP contribution in [-0.2, 0) is 7.05 Å². The van der Waals surface area contributed by atoms with E-state index in [2.05, 4.69) is 10.6 Å². The number of nitrogens with one attached hydrogen (secondary N) is 2. The molecule has 2 N–H and O–H groups in total. The van der Waals surface area contributed by atoms with Crippen LogP contribution in [0.3, 0.4) is 0 Å². The third-order valence-corrected chi connectivity index (χ3v) is 4.64. The number of nitrogens with zero attached hydrogens (tertiary/aromatic N) is 1. The van der Waals surface area contributed by atoms with E-state index in [1.54, 1.807) is 19.3 Å².